The fourth-order valence-corrected chi connectivity index (χ4v) is 2.46. The summed E-state index contributed by atoms with van der Waals surface area (Å²) in [7, 11) is 0. The van der Waals surface area contributed by atoms with E-state index in [2.05, 4.69) is 31.9 Å². The van der Waals surface area contributed by atoms with E-state index in [4.69, 9.17) is 0 Å². The van der Waals surface area contributed by atoms with Gasteiger partial charge in [0.05, 0.1) is 8.96 Å². The van der Waals surface area contributed by atoms with Crippen LogP contribution in [0.25, 0.3) is 0 Å². The molecule has 6 heteroatoms. The lowest BCUT2D eigenvalue weighted by Crippen LogP contribution is -2.13. The van der Waals surface area contributed by atoms with Crippen LogP contribution in [0.3, 0.4) is 0 Å². The Morgan fingerprint density at radius 2 is 0.950 bits per heavy atom. The smallest absolute Gasteiger partial charge is 0.193 e. The van der Waals surface area contributed by atoms with Gasteiger partial charge in [-0.25, -0.2) is 0 Å². The molecule has 0 aliphatic heterocycles. The molecule has 0 aromatic rings. The SMILES string of the molecule is O=C1C=C(CCC2=CC(=O)C(Br)=CC2=O)C(=O)C=C1Br. The summed E-state index contributed by atoms with van der Waals surface area (Å²) in [6.45, 7) is 0. The van der Waals surface area contributed by atoms with E-state index in [0.29, 0.717) is 11.1 Å². The Balaban J connectivity index is 2.07. The Morgan fingerprint density at radius 3 is 1.30 bits per heavy atom. The van der Waals surface area contributed by atoms with Crippen LogP contribution in [0.4, 0.5) is 0 Å². The Hall–Kier alpha value is -1.40. The summed E-state index contributed by atoms with van der Waals surface area (Å²) in [5.41, 5.74) is 0.681. The zero-order chi connectivity index (χ0) is 14.9. The van der Waals surface area contributed by atoms with Gasteiger partial charge >= 0.3 is 0 Å². The molecule has 0 bridgehead atoms. The molecule has 0 saturated heterocycles. The Morgan fingerprint density at radius 1 is 0.600 bits per heavy atom. The van der Waals surface area contributed by atoms with Crippen LogP contribution in [-0.2, 0) is 19.2 Å². The third-order valence-electron chi connectivity index (χ3n) is 2.89. The van der Waals surface area contributed by atoms with Crippen LogP contribution in [0.2, 0.25) is 0 Å². The van der Waals surface area contributed by atoms with Gasteiger partial charge in [-0.05, 0) is 56.9 Å². The number of carbonyl (C=O) groups is 4. The number of ketones is 4. The molecular formula is C14H8Br2O4. The number of allylic oxidation sites excluding steroid dienone is 8. The van der Waals surface area contributed by atoms with Crippen LogP contribution < -0.4 is 0 Å². The molecule has 102 valence electrons. The summed E-state index contributed by atoms with van der Waals surface area (Å²) >= 11 is 5.99. The highest BCUT2D eigenvalue weighted by Gasteiger charge is 2.22. The molecule has 0 aromatic carbocycles. The predicted molar refractivity (Wildman–Crippen MR) is 79.4 cm³/mol. The zero-order valence-electron chi connectivity index (χ0n) is 10.1. The summed E-state index contributed by atoms with van der Waals surface area (Å²) in [6, 6.07) is 0. The van der Waals surface area contributed by atoms with Crippen molar-refractivity contribution < 1.29 is 19.2 Å². The van der Waals surface area contributed by atoms with E-state index in [1.807, 2.05) is 0 Å². The summed E-state index contributed by atoms with van der Waals surface area (Å²) in [5.74, 6) is -1.07. The van der Waals surface area contributed by atoms with E-state index in [9.17, 15) is 19.2 Å². The molecule has 20 heavy (non-hydrogen) atoms. The summed E-state index contributed by atoms with van der Waals surface area (Å²) in [6.07, 6.45) is 5.45. The first kappa shape index (κ1) is 15.0. The lowest BCUT2D eigenvalue weighted by atomic mass is 9.93. The highest BCUT2D eigenvalue weighted by molar-refractivity contribution is 9.12. The number of rotatable bonds is 3. The maximum atomic E-state index is 11.7. The lowest BCUT2D eigenvalue weighted by molar-refractivity contribution is -0.115. The van der Waals surface area contributed by atoms with E-state index in [0.717, 1.165) is 0 Å². The molecule has 2 aliphatic rings. The first-order valence-corrected chi connectivity index (χ1v) is 7.30. The topological polar surface area (TPSA) is 68.3 Å². The summed E-state index contributed by atoms with van der Waals surface area (Å²) in [4.78, 5) is 46.3. The maximum absolute atomic E-state index is 11.7. The fraction of sp³-hybridized carbons (Fsp3) is 0.143. The van der Waals surface area contributed by atoms with Crippen molar-refractivity contribution in [1.29, 1.82) is 0 Å². The first-order chi connectivity index (χ1) is 9.38. The number of carbonyl (C=O) groups excluding carboxylic acids is 4. The Labute approximate surface area is 131 Å². The van der Waals surface area contributed by atoms with Gasteiger partial charge in [0.1, 0.15) is 0 Å². The molecule has 0 saturated carbocycles. The molecule has 0 amide bonds. The first-order valence-electron chi connectivity index (χ1n) is 5.71. The predicted octanol–water partition coefficient (Wildman–Crippen LogP) is 2.48. The van der Waals surface area contributed by atoms with Gasteiger partial charge in [-0.15, -0.1) is 0 Å². The second-order valence-electron chi connectivity index (χ2n) is 4.28. The third kappa shape index (κ3) is 3.19. The lowest BCUT2D eigenvalue weighted by Gasteiger charge is -2.11. The molecule has 0 fully saturated rings. The number of halogens is 2. The van der Waals surface area contributed by atoms with Crippen LogP contribution >= 0.6 is 31.9 Å². The normalized spacial score (nSPS) is 19.5. The van der Waals surface area contributed by atoms with Crippen molar-refractivity contribution >= 4 is 55.0 Å². The largest absolute Gasteiger partial charge is 0.290 e. The van der Waals surface area contributed by atoms with E-state index in [1.54, 1.807) is 0 Å². The van der Waals surface area contributed by atoms with E-state index in [-0.39, 0.29) is 44.9 Å². The quantitative estimate of drug-likeness (QED) is 0.683. The van der Waals surface area contributed by atoms with Gasteiger partial charge in [-0.3, -0.25) is 19.2 Å². The summed E-state index contributed by atoms with van der Waals surface area (Å²) < 4.78 is 0.447. The van der Waals surface area contributed by atoms with E-state index >= 15 is 0 Å². The van der Waals surface area contributed by atoms with Gasteiger partial charge in [-0.1, -0.05) is 0 Å². The molecule has 0 aromatic heterocycles. The molecule has 0 radical (unpaired) electrons. The highest BCUT2D eigenvalue weighted by atomic mass is 79.9. The van der Waals surface area contributed by atoms with Crippen molar-refractivity contribution in [3.05, 3.63) is 44.4 Å². The van der Waals surface area contributed by atoms with Gasteiger partial charge in [0.15, 0.2) is 23.1 Å². The average molecular weight is 400 g/mol. The molecule has 2 rings (SSSR count). The zero-order valence-corrected chi connectivity index (χ0v) is 13.3. The molecule has 2 aliphatic carbocycles. The molecule has 0 atom stereocenters. The van der Waals surface area contributed by atoms with Crippen LogP contribution in [-0.4, -0.2) is 23.1 Å². The molecule has 0 spiro atoms. The minimum Gasteiger partial charge on any atom is -0.290 e. The Bertz CT molecular complexity index is 605. The second-order valence-corrected chi connectivity index (χ2v) is 5.99. The number of hydrogen-bond donors (Lipinski definition) is 0. The second kappa shape index (κ2) is 5.93. The monoisotopic (exact) mass is 398 g/mol. The Kier molecular flexibility index (Phi) is 4.45. The van der Waals surface area contributed by atoms with Crippen molar-refractivity contribution in [1.82, 2.24) is 0 Å². The van der Waals surface area contributed by atoms with Gasteiger partial charge in [-0.2, -0.15) is 0 Å². The van der Waals surface area contributed by atoms with Crippen molar-refractivity contribution in [3.8, 4) is 0 Å². The number of hydrogen-bond acceptors (Lipinski definition) is 4. The van der Waals surface area contributed by atoms with Crippen molar-refractivity contribution in [2.75, 3.05) is 0 Å². The molecule has 0 heterocycles. The van der Waals surface area contributed by atoms with Crippen LogP contribution in [0.5, 0.6) is 0 Å². The molecule has 0 unspecified atom stereocenters. The maximum Gasteiger partial charge on any atom is 0.193 e. The van der Waals surface area contributed by atoms with E-state index < -0.39 is 0 Å². The van der Waals surface area contributed by atoms with Crippen LogP contribution in [0, 0.1) is 0 Å². The molecular weight excluding hydrogens is 392 g/mol. The van der Waals surface area contributed by atoms with Gasteiger partial charge < -0.3 is 0 Å². The molecule has 4 nitrogen and oxygen atoms in total. The van der Waals surface area contributed by atoms with Gasteiger partial charge in [0.2, 0.25) is 0 Å². The van der Waals surface area contributed by atoms with Crippen molar-refractivity contribution in [3.63, 3.8) is 0 Å². The average Bonchev–Trinajstić information content (AvgIpc) is 2.37. The molecule has 0 N–H and O–H groups in total. The third-order valence-corrected chi connectivity index (χ3v) is 4.13. The van der Waals surface area contributed by atoms with Crippen molar-refractivity contribution in [2.45, 2.75) is 12.8 Å². The standard InChI is InChI=1S/C14H8Br2O4/c15-9-5-11(17)7(3-13(9)19)1-2-8-4-14(20)10(16)6-12(8)18/h3-6H,1-2H2. The van der Waals surface area contributed by atoms with Crippen LogP contribution in [0.1, 0.15) is 12.8 Å². The fourth-order valence-electron chi connectivity index (χ4n) is 1.81. The van der Waals surface area contributed by atoms with Gasteiger partial charge in [0, 0.05) is 23.3 Å². The van der Waals surface area contributed by atoms with Crippen molar-refractivity contribution in [2.24, 2.45) is 0 Å². The summed E-state index contributed by atoms with van der Waals surface area (Å²) in [5, 5.41) is 0. The minimum atomic E-state index is -0.276. The minimum absolute atomic E-state index is 0.223. The van der Waals surface area contributed by atoms with Gasteiger partial charge in [0.25, 0.3) is 0 Å². The van der Waals surface area contributed by atoms with Crippen LogP contribution in [0.15, 0.2) is 44.4 Å². The highest BCUT2D eigenvalue weighted by Crippen LogP contribution is 2.24. The van der Waals surface area contributed by atoms with E-state index in [1.165, 1.54) is 24.3 Å².